The van der Waals surface area contributed by atoms with Crippen molar-refractivity contribution in [3.05, 3.63) is 95.1 Å². The van der Waals surface area contributed by atoms with Crippen LogP contribution in [-0.4, -0.2) is 60.4 Å². The maximum Gasteiger partial charge on any atom is 0.255 e. The lowest BCUT2D eigenvalue weighted by Gasteiger charge is -2.28. The Balaban J connectivity index is 0.926. The third kappa shape index (κ3) is 8.48. The minimum atomic E-state index is -0.361. The number of benzene rings is 4. The first kappa shape index (κ1) is 37.0. The highest BCUT2D eigenvalue weighted by Crippen LogP contribution is 2.43. The molecule has 2 aliphatic heterocycles. The molecule has 0 saturated heterocycles. The van der Waals surface area contributed by atoms with Crippen molar-refractivity contribution in [3.63, 3.8) is 0 Å². The van der Waals surface area contributed by atoms with Crippen LogP contribution in [-0.2, 0) is 4.84 Å². The van der Waals surface area contributed by atoms with Crippen LogP contribution in [0.4, 0.5) is 5.69 Å². The van der Waals surface area contributed by atoms with E-state index in [-0.39, 0.29) is 18.2 Å². The molecule has 4 aromatic carbocycles. The van der Waals surface area contributed by atoms with Gasteiger partial charge in [-0.2, -0.15) is 0 Å². The van der Waals surface area contributed by atoms with Crippen LogP contribution in [0.3, 0.4) is 0 Å². The number of carbonyl (C=O) groups is 1. The Bertz CT molecular complexity index is 1890. The molecule has 53 heavy (non-hydrogen) atoms. The fourth-order valence-corrected chi connectivity index (χ4v) is 6.54. The molecule has 4 aromatic rings. The maximum atomic E-state index is 12.6. The van der Waals surface area contributed by atoms with Crippen molar-refractivity contribution in [3.8, 4) is 40.2 Å². The Labute approximate surface area is 310 Å². The summed E-state index contributed by atoms with van der Waals surface area (Å²) >= 11 is 0. The van der Waals surface area contributed by atoms with Crippen molar-refractivity contribution >= 4 is 17.3 Å². The van der Waals surface area contributed by atoms with E-state index in [0.29, 0.717) is 65.4 Å². The van der Waals surface area contributed by atoms with E-state index in [1.54, 1.807) is 41.6 Å². The highest BCUT2D eigenvalue weighted by molar-refractivity contribution is 6.02. The number of unbranched alkanes of at least 4 members (excludes halogenated alkanes) is 4. The predicted molar refractivity (Wildman–Crippen MR) is 201 cm³/mol. The van der Waals surface area contributed by atoms with Gasteiger partial charge in [0.2, 0.25) is 5.75 Å². The lowest BCUT2D eigenvalue weighted by atomic mass is 9.98. The number of hydrogen-bond acceptors (Lipinski definition) is 11. The molecule has 6 rings (SSSR count). The number of fused-ring (bicyclic) bond motifs is 1. The smallest absolute Gasteiger partial charge is 0.255 e. The van der Waals surface area contributed by atoms with Crippen LogP contribution in [0.5, 0.6) is 40.2 Å². The summed E-state index contributed by atoms with van der Waals surface area (Å²) in [6, 6.07) is 22.8. The Morgan fingerprint density at radius 2 is 1.34 bits per heavy atom. The average molecular weight is 726 g/mol. The number of para-hydroxylation sites is 2. The van der Waals surface area contributed by atoms with Crippen molar-refractivity contribution < 1.29 is 42.8 Å². The fraction of sp³-hybridized carbons (Fsp3) is 0.366. The lowest BCUT2D eigenvalue weighted by Crippen LogP contribution is -2.38. The SMILES string of the molecule is COc1cc(C2NC(=O)c3ccccc3N2)ccc1OCCCCCCCOc1cccc(C2CC(c3cc(OC)c(OC)c(OC)c3)=NO2)c1OC. The van der Waals surface area contributed by atoms with Crippen LogP contribution < -0.4 is 43.8 Å². The second-order valence-corrected chi connectivity index (χ2v) is 12.6. The van der Waals surface area contributed by atoms with Crippen molar-refractivity contribution in [1.29, 1.82) is 0 Å². The molecule has 12 nitrogen and oxygen atoms in total. The number of nitrogens with zero attached hydrogens (tertiary/aromatic N) is 1. The summed E-state index contributed by atoms with van der Waals surface area (Å²) in [4.78, 5) is 18.5. The standard InChI is InChI=1S/C41H47N3O9/c1-46-35-22-26(40-42-30-16-10-9-14-28(30)41(45)43-40)18-19-32(35)51-20-11-7-6-8-12-21-52-33-17-13-15-29(38(33)49-4)34-25-31(44-53-34)27-23-36(47-2)39(50-5)37(24-27)48-3/h9-10,13-19,22-24,34,40,42H,6-8,11-12,20-21,25H2,1-5H3,(H,43,45). The summed E-state index contributed by atoms with van der Waals surface area (Å²) in [5.41, 5.74) is 4.77. The zero-order chi connectivity index (χ0) is 37.2. The number of rotatable bonds is 18. The van der Waals surface area contributed by atoms with Gasteiger partial charge in [0, 0.05) is 23.2 Å². The van der Waals surface area contributed by atoms with Gasteiger partial charge in [-0.1, -0.05) is 54.8 Å². The Morgan fingerprint density at radius 3 is 2.04 bits per heavy atom. The number of amides is 1. The van der Waals surface area contributed by atoms with E-state index in [2.05, 4.69) is 15.8 Å². The van der Waals surface area contributed by atoms with E-state index < -0.39 is 0 Å². The number of oxime groups is 1. The lowest BCUT2D eigenvalue weighted by molar-refractivity contribution is 0.0832. The molecule has 280 valence electrons. The van der Waals surface area contributed by atoms with Gasteiger partial charge in [-0.3, -0.25) is 4.79 Å². The predicted octanol–water partition coefficient (Wildman–Crippen LogP) is 7.86. The van der Waals surface area contributed by atoms with Crippen molar-refractivity contribution in [2.75, 3.05) is 54.1 Å². The first-order chi connectivity index (χ1) is 26.0. The van der Waals surface area contributed by atoms with Crippen LogP contribution in [0.2, 0.25) is 0 Å². The van der Waals surface area contributed by atoms with Gasteiger partial charge in [-0.25, -0.2) is 0 Å². The van der Waals surface area contributed by atoms with Gasteiger partial charge in [0.25, 0.3) is 5.91 Å². The summed E-state index contributed by atoms with van der Waals surface area (Å²) in [5, 5.41) is 10.8. The van der Waals surface area contributed by atoms with Gasteiger partial charge in [0.05, 0.1) is 60.0 Å². The monoisotopic (exact) mass is 725 g/mol. The maximum absolute atomic E-state index is 12.6. The van der Waals surface area contributed by atoms with E-state index >= 15 is 0 Å². The van der Waals surface area contributed by atoms with E-state index in [4.69, 9.17) is 38.0 Å². The van der Waals surface area contributed by atoms with Crippen molar-refractivity contribution in [2.24, 2.45) is 5.16 Å². The number of carbonyl (C=O) groups excluding carboxylic acids is 1. The summed E-state index contributed by atoms with van der Waals surface area (Å²) in [6.07, 6.45) is 4.79. The molecule has 0 bridgehead atoms. The molecule has 2 unspecified atom stereocenters. The second-order valence-electron chi connectivity index (χ2n) is 12.6. The quantitative estimate of drug-likeness (QED) is 0.0979. The Kier molecular flexibility index (Phi) is 12.3. The number of anilines is 1. The van der Waals surface area contributed by atoms with Crippen LogP contribution in [0.25, 0.3) is 0 Å². The molecular weight excluding hydrogens is 678 g/mol. The minimum Gasteiger partial charge on any atom is -0.493 e. The summed E-state index contributed by atoms with van der Waals surface area (Å²) in [5.74, 6) is 4.13. The first-order valence-corrected chi connectivity index (χ1v) is 17.8. The van der Waals surface area contributed by atoms with Crippen molar-refractivity contribution in [1.82, 2.24) is 5.32 Å². The molecule has 0 aliphatic carbocycles. The Hall–Kier alpha value is -5.78. The average Bonchev–Trinajstić information content (AvgIpc) is 3.70. The number of hydrogen-bond donors (Lipinski definition) is 2. The molecule has 0 radical (unpaired) electrons. The van der Waals surface area contributed by atoms with Gasteiger partial charge in [0.1, 0.15) is 6.17 Å². The molecule has 2 atom stereocenters. The topological polar surface area (TPSA) is 127 Å². The van der Waals surface area contributed by atoms with Gasteiger partial charge in [-0.15, -0.1) is 0 Å². The molecule has 0 spiro atoms. The molecule has 12 heteroatoms. The number of nitrogens with one attached hydrogen (secondary N) is 2. The first-order valence-electron chi connectivity index (χ1n) is 17.8. The molecular formula is C41H47N3O9. The molecule has 0 fully saturated rings. The zero-order valence-electron chi connectivity index (χ0n) is 30.9. The summed E-state index contributed by atoms with van der Waals surface area (Å²) in [7, 11) is 8.00. The third-order valence-electron chi connectivity index (χ3n) is 9.30. The largest absolute Gasteiger partial charge is 0.493 e. The normalized spacial score (nSPS) is 15.9. The molecule has 0 aromatic heterocycles. The van der Waals surface area contributed by atoms with Crippen LogP contribution in [0.15, 0.2) is 78.0 Å². The van der Waals surface area contributed by atoms with Gasteiger partial charge >= 0.3 is 0 Å². The molecule has 0 saturated carbocycles. The number of methoxy groups -OCH3 is 5. The van der Waals surface area contributed by atoms with E-state index in [1.807, 2.05) is 66.7 Å². The summed E-state index contributed by atoms with van der Waals surface area (Å²) in [6.45, 7) is 1.15. The highest BCUT2D eigenvalue weighted by Gasteiger charge is 2.30. The summed E-state index contributed by atoms with van der Waals surface area (Å²) < 4.78 is 40.2. The Morgan fingerprint density at radius 1 is 0.660 bits per heavy atom. The van der Waals surface area contributed by atoms with E-state index in [0.717, 1.165) is 60.2 Å². The zero-order valence-corrected chi connectivity index (χ0v) is 30.9. The van der Waals surface area contributed by atoms with Gasteiger partial charge in [-0.05, 0) is 60.9 Å². The third-order valence-corrected chi connectivity index (χ3v) is 9.30. The second kappa shape index (κ2) is 17.6. The molecule has 2 aliphatic rings. The van der Waals surface area contributed by atoms with Crippen LogP contribution in [0.1, 0.15) is 77.8 Å². The van der Waals surface area contributed by atoms with E-state index in [9.17, 15) is 4.79 Å². The van der Waals surface area contributed by atoms with Crippen LogP contribution >= 0.6 is 0 Å². The molecule has 1 amide bonds. The molecule has 2 N–H and O–H groups in total. The van der Waals surface area contributed by atoms with Gasteiger partial charge in [0.15, 0.2) is 40.6 Å². The van der Waals surface area contributed by atoms with Gasteiger partial charge < -0.3 is 48.6 Å². The van der Waals surface area contributed by atoms with E-state index in [1.165, 1.54) is 0 Å². The van der Waals surface area contributed by atoms with Crippen LogP contribution in [0, 0.1) is 0 Å². The van der Waals surface area contributed by atoms with Crippen molar-refractivity contribution in [2.45, 2.75) is 50.8 Å². The minimum absolute atomic E-state index is 0.112. The fourth-order valence-electron chi connectivity index (χ4n) is 6.54. The number of ether oxygens (including phenoxy) is 7. The molecule has 2 heterocycles. The highest BCUT2D eigenvalue weighted by atomic mass is 16.6.